The number of nitrogens with two attached hydrogens (primary N) is 1. The molecule has 0 spiro atoms. The Morgan fingerprint density at radius 3 is 2.31 bits per heavy atom. The molecule has 1 aromatic carbocycles. The van der Waals surface area contributed by atoms with E-state index < -0.39 is 5.60 Å². The SMILES string of the molecule is CCC(O)(C=O)CCc1ccc(CN)cc1. The van der Waals surface area contributed by atoms with Gasteiger partial charge in [-0.3, -0.25) is 0 Å². The molecule has 0 fully saturated rings. The second kappa shape index (κ2) is 5.77. The average Bonchev–Trinajstić information content (AvgIpc) is 2.36. The minimum absolute atomic E-state index is 0.456. The number of carbonyl (C=O) groups is 1. The molecule has 0 bridgehead atoms. The third kappa shape index (κ3) is 3.43. The predicted octanol–water partition coefficient (Wildman–Crippen LogP) is 1.42. The largest absolute Gasteiger partial charge is 0.382 e. The summed E-state index contributed by atoms with van der Waals surface area (Å²) < 4.78 is 0. The monoisotopic (exact) mass is 221 g/mol. The Balaban J connectivity index is 2.57. The Morgan fingerprint density at radius 2 is 1.88 bits per heavy atom. The van der Waals surface area contributed by atoms with E-state index in [0.29, 0.717) is 32.1 Å². The maximum absolute atomic E-state index is 10.7. The summed E-state index contributed by atoms with van der Waals surface area (Å²) >= 11 is 0. The molecule has 88 valence electrons. The second-order valence-corrected chi connectivity index (χ2v) is 4.10. The van der Waals surface area contributed by atoms with Gasteiger partial charge in [0.2, 0.25) is 0 Å². The van der Waals surface area contributed by atoms with E-state index in [9.17, 15) is 9.90 Å². The number of aryl methyl sites for hydroxylation is 1. The number of hydrogen-bond acceptors (Lipinski definition) is 3. The Bertz CT molecular complexity index is 334. The van der Waals surface area contributed by atoms with Crippen LogP contribution in [0, 0.1) is 0 Å². The van der Waals surface area contributed by atoms with Gasteiger partial charge in [-0.2, -0.15) is 0 Å². The molecule has 1 rings (SSSR count). The number of aldehydes is 1. The molecule has 0 saturated carbocycles. The summed E-state index contributed by atoms with van der Waals surface area (Å²) in [5.41, 5.74) is 6.53. The van der Waals surface area contributed by atoms with Crippen molar-refractivity contribution in [1.29, 1.82) is 0 Å². The molecule has 0 aliphatic carbocycles. The molecule has 1 aromatic rings. The van der Waals surface area contributed by atoms with Crippen LogP contribution >= 0.6 is 0 Å². The zero-order valence-electron chi connectivity index (χ0n) is 9.65. The van der Waals surface area contributed by atoms with Gasteiger partial charge < -0.3 is 15.6 Å². The molecule has 16 heavy (non-hydrogen) atoms. The van der Waals surface area contributed by atoms with Gasteiger partial charge in [-0.05, 0) is 30.4 Å². The maximum atomic E-state index is 10.7. The molecule has 0 radical (unpaired) electrons. The quantitative estimate of drug-likeness (QED) is 0.714. The van der Waals surface area contributed by atoms with E-state index in [-0.39, 0.29) is 0 Å². The highest BCUT2D eigenvalue weighted by Crippen LogP contribution is 2.16. The lowest BCUT2D eigenvalue weighted by molar-refractivity contribution is -0.124. The highest BCUT2D eigenvalue weighted by molar-refractivity contribution is 5.61. The van der Waals surface area contributed by atoms with Crippen LogP contribution in [0.2, 0.25) is 0 Å². The van der Waals surface area contributed by atoms with Gasteiger partial charge >= 0.3 is 0 Å². The molecular formula is C13H19NO2. The summed E-state index contributed by atoms with van der Waals surface area (Å²) in [5, 5.41) is 9.80. The zero-order chi connectivity index (χ0) is 12.0. The molecule has 0 saturated heterocycles. The first-order valence-electron chi connectivity index (χ1n) is 5.60. The molecule has 3 nitrogen and oxygen atoms in total. The standard InChI is InChI=1S/C13H19NO2/c1-2-13(16,10-15)8-7-11-3-5-12(9-14)6-4-11/h3-6,10,16H,2,7-9,14H2,1H3. The Kier molecular flexibility index (Phi) is 4.65. The smallest absolute Gasteiger partial charge is 0.151 e. The Hall–Kier alpha value is -1.19. The summed E-state index contributed by atoms with van der Waals surface area (Å²) in [6.07, 6.45) is 2.27. The van der Waals surface area contributed by atoms with Crippen LogP contribution in [0.1, 0.15) is 30.9 Å². The van der Waals surface area contributed by atoms with Crippen molar-refractivity contribution in [2.24, 2.45) is 5.73 Å². The van der Waals surface area contributed by atoms with Crippen LogP contribution in [-0.4, -0.2) is 17.0 Å². The number of carbonyl (C=O) groups excluding carboxylic acids is 1. The minimum atomic E-state index is -1.17. The Labute approximate surface area is 96.3 Å². The summed E-state index contributed by atoms with van der Waals surface area (Å²) in [4.78, 5) is 10.7. The molecule has 3 heteroatoms. The molecule has 0 aliphatic rings. The molecular weight excluding hydrogens is 202 g/mol. The third-order valence-corrected chi connectivity index (χ3v) is 2.94. The number of hydrogen-bond donors (Lipinski definition) is 2. The number of aliphatic hydroxyl groups is 1. The van der Waals surface area contributed by atoms with Crippen molar-refractivity contribution in [2.45, 2.75) is 38.3 Å². The zero-order valence-corrected chi connectivity index (χ0v) is 9.65. The van der Waals surface area contributed by atoms with Crippen molar-refractivity contribution >= 4 is 6.29 Å². The van der Waals surface area contributed by atoms with Crippen molar-refractivity contribution in [3.05, 3.63) is 35.4 Å². The summed E-state index contributed by atoms with van der Waals surface area (Å²) in [7, 11) is 0. The van der Waals surface area contributed by atoms with Crippen molar-refractivity contribution in [2.75, 3.05) is 0 Å². The van der Waals surface area contributed by atoms with Gasteiger partial charge in [0.05, 0.1) is 0 Å². The third-order valence-electron chi connectivity index (χ3n) is 2.94. The van der Waals surface area contributed by atoms with Crippen LogP contribution in [-0.2, 0) is 17.8 Å². The van der Waals surface area contributed by atoms with E-state index in [1.54, 1.807) is 0 Å². The van der Waals surface area contributed by atoms with E-state index >= 15 is 0 Å². The van der Waals surface area contributed by atoms with Gasteiger partial charge in [0.1, 0.15) is 5.60 Å². The van der Waals surface area contributed by atoms with E-state index in [1.165, 1.54) is 0 Å². The first-order chi connectivity index (χ1) is 7.63. The summed E-state index contributed by atoms with van der Waals surface area (Å²) in [6, 6.07) is 7.93. The lowest BCUT2D eigenvalue weighted by Crippen LogP contribution is -2.30. The topological polar surface area (TPSA) is 63.3 Å². The van der Waals surface area contributed by atoms with Gasteiger partial charge in [-0.25, -0.2) is 0 Å². The fraction of sp³-hybridized carbons (Fsp3) is 0.462. The van der Waals surface area contributed by atoms with Crippen molar-refractivity contribution in [3.63, 3.8) is 0 Å². The van der Waals surface area contributed by atoms with E-state index in [4.69, 9.17) is 5.73 Å². The van der Waals surface area contributed by atoms with Gasteiger partial charge in [0.15, 0.2) is 6.29 Å². The lowest BCUT2D eigenvalue weighted by atomic mass is 9.93. The fourth-order valence-electron chi connectivity index (χ4n) is 1.52. The molecule has 1 unspecified atom stereocenters. The van der Waals surface area contributed by atoms with Crippen molar-refractivity contribution < 1.29 is 9.90 Å². The summed E-state index contributed by atoms with van der Waals surface area (Å²) in [5.74, 6) is 0. The lowest BCUT2D eigenvalue weighted by Gasteiger charge is -2.19. The number of benzene rings is 1. The fourth-order valence-corrected chi connectivity index (χ4v) is 1.52. The second-order valence-electron chi connectivity index (χ2n) is 4.10. The van der Waals surface area contributed by atoms with Crippen molar-refractivity contribution in [1.82, 2.24) is 0 Å². The van der Waals surface area contributed by atoms with Gasteiger partial charge in [-0.15, -0.1) is 0 Å². The molecule has 0 amide bonds. The van der Waals surface area contributed by atoms with Gasteiger partial charge in [0, 0.05) is 6.54 Å². The average molecular weight is 221 g/mol. The normalized spacial score (nSPS) is 14.4. The van der Waals surface area contributed by atoms with Gasteiger partial charge in [-0.1, -0.05) is 31.2 Å². The van der Waals surface area contributed by atoms with Crippen LogP contribution in [0.5, 0.6) is 0 Å². The molecule has 0 aromatic heterocycles. The number of rotatable bonds is 6. The minimum Gasteiger partial charge on any atom is -0.382 e. The van der Waals surface area contributed by atoms with E-state index in [2.05, 4.69) is 0 Å². The molecule has 0 heterocycles. The maximum Gasteiger partial charge on any atom is 0.151 e. The van der Waals surface area contributed by atoms with Crippen molar-refractivity contribution in [3.8, 4) is 0 Å². The van der Waals surface area contributed by atoms with Crippen LogP contribution in [0.3, 0.4) is 0 Å². The highest BCUT2D eigenvalue weighted by Gasteiger charge is 2.22. The molecule has 3 N–H and O–H groups in total. The summed E-state index contributed by atoms with van der Waals surface area (Å²) in [6.45, 7) is 2.35. The van der Waals surface area contributed by atoms with Gasteiger partial charge in [0.25, 0.3) is 0 Å². The predicted molar refractivity (Wildman–Crippen MR) is 64.0 cm³/mol. The van der Waals surface area contributed by atoms with Crippen LogP contribution in [0.4, 0.5) is 0 Å². The first-order valence-corrected chi connectivity index (χ1v) is 5.60. The highest BCUT2D eigenvalue weighted by atomic mass is 16.3. The van der Waals surface area contributed by atoms with Crippen LogP contribution < -0.4 is 5.73 Å². The van der Waals surface area contributed by atoms with Crippen LogP contribution in [0.25, 0.3) is 0 Å². The van der Waals surface area contributed by atoms with Crippen LogP contribution in [0.15, 0.2) is 24.3 Å². The van der Waals surface area contributed by atoms with E-state index in [0.717, 1.165) is 11.1 Å². The first kappa shape index (κ1) is 12.9. The van der Waals surface area contributed by atoms with E-state index in [1.807, 2.05) is 31.2 Å². The molecule has 1 atom stereocenters. The molecule has 0 aliphatic heterocycles. The Morgan fingerprint density at radius 1 is 1.31 bits per heavy atom.